The van der Waals surface area contributed by atoms with Gasteiger partial charge in [-0.15, -0.1) is 0 Å². The first-order valence-corrected chi connectivity index (χ1v) is 11.9. The topological polar surface area (TPSA) is 126 Å². The molecule has 33 heavy (non-hydrogen) atoms. The van der Waals surface area contributed by atoms with E-state index in [0.29, 0.717) is 29.7 Å². The van der Waals surface area contributed by atoms with Gasteiger partial charge in [-0.2, -0.15) is 4.31 Å². The second-order valence-corrected chi connectivity index (χ2v) is 9.70. The lowest BCUT2D eigenvalue weighted by Gasteiger charge is -2.16. The molecular weight excluding hydrogens is 446 g/mol. The third kappa shape index (κ3) is 4.81. The van der Waals surface area contributed by atoms with E-state index >= 15 is 0 Å². The minimum atomic E-state index is -3.55. The largest absolute Gasteiger partial charge is 0.449 e. The van der Waals surface area contributed by atoms with E-state index in [4.69, 9.17) is 4.74 Å². The fourth-order valence-electron chi connectivity index (χ4n) is 3.68. The molecule has 1 fully saturated rings. The highest BCUT2D eigenvalue weighted by molar-refractivity contribution is 7.89. The van der Waals surface area contributed by atoms with Crippen LogP contribution in [0.25, 0.3) is 10.9 Å². The molecule has 9 nitrogen and oxygen atoms in total. The van der Waals surface area contributed by atoms with Crippen molar-refractivity contribution in [1.82, 2.24) is 9.29 Å². The Bertz CT molecular complexity index is 1360. The molecule has 2 heterocycles. The maximum atomic E-state index is 12.6. The zero-order chi connectivity index (χ0) is 23.6. The SMILES string of the molecule is CC(OC(=O)c1cc(=O)[nH]c2ccccc12)C(=O)Nc1ccc(S(=O)(=O)N2CCCC2)cc1. The number of anilines is 1. The van der Waals surface area contributed by atoms with Crippen LogP contribution in [0.15, 0.2) is 64.3 Å². The second-order valence-electron chi connectivity index (χ2n) is 7.77. The molecule has 1 aliphatic rings. The van der Waals surface area contributed by atoms with Crippen molar-refractivity contribution >= 4 is 38.5 Å². The number of fused-ring (bicyclic) bond motifs is 1. The van der Waals surface area contributed by atoms with Crippen LogP contribution in [0.3, 0.4) is 0 Å². The second kappa shape index (κ2) is 9.16. The van der Waals surface area contributed by atoms with E-state index in [9.17, 15) is 22.8 Å². The summed E-state index contributed by atoms with van der Waals surface area (Å²) in [6.07, 6.45) is 0.539. The van der Waals surface area contributed by atoms with Crippen molar-refractivity contribution in [3.63, 3.8) is 0 Å². The Morgan fingerprint density at radius 2 is 1.73 bits per heavy atom. The first kappa shape index (κ1) is 22.7. The van der Waals surface area contributed by atoms with Crippen LogP contribution in [0.5, 0.6) is 0 Å². The van der Waals surface area contributed by atoms with E-state index in [1.165, 1.54) is 35.5 Å². The summed E-state index contributed by atoms with van der Waals surface area (Å²) in [5.74, 6) is -1.39. The Labute approximate surface area is 190 Å². The molecule has 0 aliphatic carbocycles. The lowest BCUT2D eigenvalue weighted by molar-refractivity contribution is -0.123. The molecule has 1 aromatic heterocycles. The van der Waals surface area contributed by atoms with Gasteiger partial charge in [-0.3, -0.25) is 9.59 Å². The lowest BCUT2D eigenvalue weighted by Crippen LogP contribution is -2.30. The van der Waals surface area contributed by atoms with Gasteiger partial charge in [-0.05, 0) is 50.1 Å². The molecule has 2 aromatic carbocycles. The number of ether oxygens (including phenoxy) is 1. The molecule has 10 heteroatoms. The normalized spacial score (nSPS) is 15.3. The van der Waals surface area contributed by atoms with Gasteiger partial charge < -0.3 is 15.0 Å². The van der Waals surface area contributed by atoms with Crippen LogP contribution in [0.2, 0.25) is 0 Å². The van der Waals surface area contributed by atoms with Crippen molar-refractivity contribution in [3.05, 3.63) is 70.5 Å². The average molecular weight is 470 g/mol. The van der Waals surface area contributed by atoms with E-state index in [2.05, 4.69) is 10.3 Å². The Morgan fingerprint density at radius 1 is 1.06 bits per heavy atom. The van der Waals surface area contributed by atoms with Gasteiger partial charge in [0.05, 0.1) is 10.5 Å². The number of aromatic nitrogens is 1. The third-order valence-electron chi connectivity index (χ3n) is 5.45. The van der Waals surface area contributed by atoms with Gasteiger partial charge in [0.1, 0.15) is 0 Å². The van der Waals surface area contributed by atoms with Crippen LogP contribution < -0.4 is 10.9 Å². The number of benzene rings is 2. The molecule has 0 spiro atoms. The van der Waals surface area contributed by atoms with E-state index in [1.807, 2.05) is 0 Å². The summed E-state index contributed by atoms with van der Waals surface area (Å²) in [4.78, 5) is 39.8. The van der Waals surface area contributed by atoms with Gasteiger partial charge in [0.2, 0.25) is 15.6 Å². The predicted molar refractivity (Wildman–Crippen MR) is 123 cm³/mol. The monoisotopic (exact) mass is 469 g/mol. The van der Waals surface area contributed by atoms with Crippen LogP contribution in [0, 0.1) is 0 Å². The number of amides is 1. The van der Waals surface area contributed by atoms with Crippen molar-refractivity contribution in [2.75, 3.05) is 18.4 Å². The fourth-order valence-corrected chi connectivity index (χ4v) is 5.20. The average Bonchev–Trinajstić information content (AvgIpc) is 3.34. The quantitative estimate of drug-likeness (QED) is 0.534. The van der Waals surface area contributed by atoms with Crippen molar-refractivity contribution in [3.8, 4) is 0 Å². The highest BCUT2D eigenvalue weighted by atomic mass is 32.2. The summed E-state index contributed by atoms with van der Waals surface area (Å²) in [7, 11) is -3.55. The number of esters is 1. The van der Waals surface area contributed by atoms with Crippen LogP contribution in [-0.2, 0) is 19.6 Å². The number of hydrogen-bond acceptors (Lipinski definition) is 6. The molecule has 0 saturated carbocycles. The standard InChI is InChI=1S/C23H23N3O6S/c1-15(32-23(29)19-14-21(27)25-20-7-3-2-6-18(19)20)22(28)24-16-8-10-17(11-9-16)33(30,31)26-12-4-5-13-26/h2-3,6-11,14-15H,4-5,12-13H2,1H3,(H,24,28)(H,25,27). The Hall–Kier alpha value is -3.50. The minimum Gasteiger partial charge on any atom is -0.449 e. The molecule has 2 N–H and O–H groups in total. The number of H-pyrrole nitrogens is 1. The highest BCUT2D eigenvalue weighted by Gasteiger charge is 2.27. The molecular formula is C23H23N3O6S. The molecule has 0 radical (unpaired) electrons. The molecule has 172 valence electrons. The third-order valence-corrected chi connectivity index (χ3v) is 7.36. The minimum absolute atomic E-state index is 0.0606. The highest BCUT2D eigenvalue weighted by Crippen LogP contribution is 2.22. The van der Waals surface area contributed by atoms with Crippen molar-refractivity contribution in [2.45, 2.75) is 30.8 Å². The van der Waals surface area contributed by atoms with E-state index in [1.54, 1.807) is 24.3 Å². The number of pyridine rings is 1. The Balaban J connectivity index is 1.43. The summed E-state index contributed by atoms with van der Waals surface area (Å²) >= 11 is 0. The zero-order valence-corrected chi connectivity index (χ0v) is 18.7. The van der Waals surface area contributed by atoms with Crippen molar-refractivity contribution in [1.29, 1.82) is 0 Å². The van der Waals surface area contributed by atoms with Crippen LogP contribution in [0.1, 0.15) is 30.1 Å². The fraction of sp³-hybridized carbons (Fsp3) is 0.261. The Morgan fingerprint density at radius 3 is 2.42 bits per heavy atom. The van der Waals surface area contributed by atoms with Crippen LogP contribution in [-0.4, -0.2) is 48.8 Å². The first-order valence-electron chi connectivity index (χ1n) is 10.5. The summed E-state index contributed by atoms with van der Waals surface area (Å²) in [6, 6.07) is 13.8. The van der Waals surface area contributed by atoms with Gasteiger partial charge in [0.15, 0.2) is 6.10 Å². The number of aromatic amines is 1. The number of para-hydroxylation sites is 1. The van der Waals surface area contributed by atoms with Gasteiger partial charge in [-0.25, -0.2) is 13.2 Å². The predicted octanol–water partition coefficient (Wildman–Crippen LogP) is 2.50. The summed E-state index contributed by atoms with van der Waals surface area (Å²) < 4.78 is 31.9. The number of carbonyl (C=O) groups excluding carboxylic acids is 2. The van der Waals surface area contributed by atoms with Crippen LogP contribution >= 0.6 is 0 Å². The molecule has 1 unspecified atom stereocenters. The summed E-state index contributed by atoms with van der Waals surface area (Å²) in [5, 5.41) is 3.11. The van der Waals surface area contributed by atoms with Crippen molar-refractivity contribution < 1.29 is 22.7 Å². The van der Waals surface area contributed by atoms with Gasteiger partial charge in [0.25, 0.3) is 5.91 Å². The van der Waals surface area contributed by atoms with Gasteiger partial charge in [-0.1, -0.05) is 18.2 Å². The van der Waals surface area contributed by atoms with E-state index < -0.39 is 33.6 Å². The first-order chi connectivity index (χ1) is 15.8. The number of hydrogen-bond donors (Lipinski definition) is 2. The molecule has 1 amide bonds. The molecule has 1 atom stereocenters. The number of rotatable bonds is 6. The maximum absolute atomic E-state index is 12.6. The molecule has 1 saturated heterocycles. The van der Waals surface area contributed by atoms with Crippen LogP contribution in [0.4, 0.5) is 5.69 Å². The summed E-state index contributed by atoms with van der Waals surface area (Å²) in [5.41, 5.74) is 0.454. The number of nitrogens with one attached hydrogen (secondary N) is 2. The molecule has 3 aromatic rings. The number of nitrogens with zero attached hydrogens (tertiary/aromatic N) is 1. The number of carbonyl (C=O) groups is 2. The molecule has 0 bridgehead atoms. The lowest BCUT2D eigenvalue weighted by atomic mass is 10.1. The Kier molecular flexibility index (Phi) is 6.30. The van der Waals surface area contributed by atoms with E-state index in [-0.39, 0.29) is 10.5 Å². The van der Waals surface area contributed by atoms with E-state index in [0.717, 1.165) is 18.9 Å². The van der Waals surface area contributed by atoms with Gasteiger partial charge >= 0.3 is 5.97 Å². The zero-order valence-electron chi connectivity index (χ0n) is 17.9. The van der Waals surface area contributed by atoms with Gasteiger partial charge in [0, 0.05) is 35.7 Å². The molecule has 1 aliphatic heterocycles. The maximum Gasteiger partial charge on any atom is 0.339 e. The molecule has 4 rings (SSSR count). The van der Waals surface area contributed by atoms with Crippen molar-refractivity contribution in [2.24, 2.45) is 0 Å². The summed E-state index contributed by atoms with van der Waals surface area (Å²) in [6.45, 7) is 2.42. The smallest absolute Gasteiger partial charge is 0.339 e. The number of sulfonamides is 1.